The summed E-state index contributed by atoms with van der Waals surface area (Å²) in [6, 6.07) is 1.26. The number of ether oxygens (including phenoxy) is 1. The van der Waals surface area contributed by atoms with E-state index in [0.717, 1.165) is 57.0 Å². The summed E-state index contributed by atoms with van der Waals surface area (Å²) in [6.45, 7) is 36.0. The summed E-state index contributed by atoms with van der Waals surface area (Å²) >= 11 is 0. The van der Waals surface area contributed by atoms with Gasteiger partial charge in [-0.15, -0.1) is 0 Å². The predicted molar refractivity (Wildman–Crippen MR) is 216 cm³/mol. The molecule has 0 aliphatic carbocycles. The van der Waals surface area contributed by atoms with Gasteiger partial charge in [0.15, 0.2) is 16.6 Å². The molecule has 1 saturated heterocycles. The lowest BCUT2D eigenvalue weighted by molar-refractivity contribution is 0.0212. The van der Waals surface area contributed by atoms with Crippen LogP contribution >= 0.6 is 0 Å². The standard InChI is InChI=1S/C39H68N6O4Si2/c1-15-16-17-18-32(29(3)41-35(36(40)47-10)27-45-24-30(25-45)49-51(13,14)39(7,8)9)43-37(46)34-23-28(2)31-26-44(20-19-33(31)42-34)21-22-48-50(11,12)38(4,5)6/h15-17,23,29-30,32,40H,1,18-22,24-27H2,2-14H3,(H,43,46)/b17-16-,40-36?,41-35-/t29?,32-/m0/s1. The average molecular weight is 741 g/mol. The number of fused-ring (bicyclic) bond motifs is 1. The van der Waals surface area contributed by atoms with Crippen molar-refractivity contribution in [1.29, 1.82) is 5.41 Å². The third-order valence-corrected chi connectivity index (χ3v) is 20.4. The van der Waals surface area contributed by atoms with Crippen LogP contribution < -0.4 is 5.32 Å². The highest BCUT2D eigenvalue weighted by Crippen LogP contribution is 2.38. The fourth-order valence-electron chi connectivity index (χ4n) is 5.80. The largest absolute Gasteiger partial charge is 0.480 e. The maximum atomic E-state index is 13.8. The molecule has 3 heterocycles. The number of carbonyl (C=O) groups is 1. The van der Waals surface area contributed by atoms with Gasteiger partial charge in [0, 0.05) is 58.0 Å². The van der Waals surface area contributed by atoms with E-state index >= 15 is 0 Å². The number of aliphatic imine (C=N–C) groups is 1. The van der Waals surface area contributed by atoms with Crippen LogP contribution in [0.2, 0.25) is 36.3 Å². The molecule has 286 valence electrons. The van der Waals surface area contributed by atoms with Crippen molar-refractivity contribution in [2.45, 2.75) is 129 Å². The second-order valence-corrected chi connectivity index (χ2v) is 27.0. The molecule has 0 aromatic carbocycles. The summed E-state index contributed by atoms with van der Waals surface area (Å²) in [4.78, 5) is 28.3. The molecule has 0 radical (unpaired) electrons. The van der Waals surface area contributed by atoms with Crippen LogP contribution in [0, 0.1) is 12.3 Å². The molecule has 51 heavy (non-hydrogen) atoms. The number of aryl methyl sites for hydroxylation is 1. The van der Waals surface area contributed by atoms with Gasteiger partial charge in [-0.25, -0.2) is 4.98 Å². The van der Waals surface area contributed by atoms with Crippen LogP contribution in [0.3, 0.4) is 0 Å². The molecule has 0 saturated carbocycles. The molecule has 2 aliphatic rings. The molecule has 0 spiro atoms. The van der Waals surface area contributed by atoms with E-state index < -0.39 is 16.6 Å². The fraction of sp³-hybridized carbons (Fsp3) is 0.692. The van der Waals surface area contributed by atoms with Gasteiger partial charge in [-0.05, 0) is 73.7 Å². The molecule has 1 aromatic heterocycles. The first-order valence-corrected chi connectivity index (χ1v) is 24.4. The number of carbonyl (C=O) groups excluding carboxylic acids is 1. The minimum Gasteiger partial charge on any atom is -0.480 e. The van der Waals surface area contributed by atoms with E-state index in [2.05, 4.69) is 96.3 Å². The SMILES string of the molecule is C=C/C=C\C[C@H](NC(=O)c1cc(C)c2c(n1)CCN(CCO[Si](C)(C)C(C)(C)C)C2)C(C)/N=C(/CN1CC(O[Si](C)(C)C(C)(C)C)C1)C(=N)OC. The van der Waals surface area contributed by atoms with Gasteiger partial charge in [0.2, 0.25) is 5.90 Å². The topological polar surface area (TPSA) is 112 Å². The Morgan fingerprint density at radius 1 is 1.14 bits per heavy atom. The highest BCUT2D eigenvalue weighted by molar-refractivity contribution is 6.74. The van der Waals surface area contributed by atoms with Crippen molar-refractivity contribution < 1.29 is 18.4 Å². The number of pyridine rings is 1. The summed E-state index contributed by atoms with van der Waals surface area (Å²) in [7, 11) is -2.14. The van der Waals surface area contributed by atoms with E-state index in [9.17, 15) is 4.79 Å². The smallest absolute Gasteiger partial charge is 0.270 e. The number of amides is 1. The third kappa shape index (κ3) is 11.8. The summed E-state index contributed by atoms with van der Waals surface area (Å²) in [6.07, 6.45) is 7.12. The Morgan fingerprint density at radius 3 is 2.37 bits per heavy atom. The Kier molecular flexibility index (Phi) is 14.8. The normalized spacial score (nSPS) is 18.3. The molecule has 1 unspecified atom stereocenters. The molecule has 0 bridgehead atoms. The number of hydrogen-bond acceptors (Lipinski definition) is 9. The zero-order valence-electron chi connectivity index (χ0n) is 34.0. The minimum atomic E-state index is -1.86. The van der Waals surface area contributed by atoms with E-state index in [1.54, 1.807) is 6.08 Å². The summed E-state index contributed by atoms with van der Waals surface area (Å²) in [5.41, 5.74) is 4.27. The van der Waals surface area contributed by atoms with Crippen LogP contribution in [0.5, 0.6) is 0 Å². The number of allylic oxidation sites excluding steroid dienone is 2. The predicted octanol–water partition coefficient (Wildman–Crippen LogP) is 7.16. The molecule has 12 heteroatoms. The third-order valence-electron chi connectivity index (χ3n) is 11.3. The molecule has 1 amide bonds. The van der Waals surface area contributed by atoms with Gasteiger partial charge < -0.3 is 18.9 Å². The minimum absolute atomic E-state index is 0.0369. The molecule has 3 rings (SSSR count). The quantitative estimate of drug-likeness (QED) is 0.0801. The van der Waals surface area contributed by atoms with Crippen molar-refractivity contribution in [2.24, 2.45) is 4.99 Å². The van der Waals surface area contributed by atoms with Crippen molar-refractivity contribution in [1.82, 2.24) is 20.1 Å². The highest BCUT2D eigenvalue weighted by atomic mass is 28.4. The molecule has 10 nitrogen and oxygen atoms in total. The van der Waals surface area contributed by atoms with Crippen molar-refractivity contribution in [3.63, 3.8) is 0 Å². The second-order valence-electron chi connectivity index (χ2n) is 17.4. The van der Waals surface area contributed by atoms with Crippen molar-refractivity contribution in [2.75, 3.05) is 46.4 Å². The Labute approximate surface area is 311 Å². The molecule has 2 atom stereocenters. The number of aromatic nitrogens is 1. The number of methoxy groups -OCH3 is 1. The Morgan fingerprint density at radius 2 is 1.78 bits per heavy atom. The van der Waals surface area contributed by atoms with E-state index in [1.165, 1.54) is 12.7 Å². The van der Waals surface area contributed by atoms with E-state index in [1.807, 2.05) is 25.1 Å². The number of nitrogens with one attached hydrogen (secondary N) is 2. The lowest BCUT2D eigenvalue weighted by Crippen LogP contribution is -2.59. The van der Waals surface area contributed by atoms with Crippen LogP contribution in [0.4, 0.5) is 0 Å². The lowest BCUT2D eigenvalue weighted by Gasteiger charge is -2.46. The first kappa shape index (κ1) is 42.9. The van der Waals surface area contributed by atoms with Gasteiger partial charge in [0.25, 0.3) is 5.91 Å². The summed E-state index contributed by atoms with van der Waals surface area (Å²) in [5, 5.41) is 12.1. The maximum absolute atomic E-state index is 13.8. The van der Waals surface area contributed by atoms with E-state index in [-0.39, 0.29) is 40.1 Å². The molecule has 2 N–H and O–H groups in total. The van der Waals surface area contributed by atoms with Gasteiger partial charge >= 0.3 is 0 Å². The van der Waals surface area contributed by atoms with Gasteiger partial charge in [-0.2, -0.15) is 0 Å². The molecule has 1 aromatic rings. The molecule has 2 aliphatic heterocycles. The van der Waals surface area contributed by atoms with E-state index in [4.69, 9.17) is 29.0 Å². The number of rotatable bonds is 16. The zero-order chi connectivity index (χ0) is 38.4. The average Bonchev–Trinajstić information content (AvgIpc) is 3.01. The Balaban J connectivity index is 1.69. The first-order chi connectivity index (χ1) is 23.6. The zero-order valence-corrected chi connectivity index (χ0v) is 36.0. The van der Waals surface area contributed by atoms with E-state index in [0.29, 0.717) is 24.4 Å². The Hall–Kier alpha value is -2.49. The second kappa shape index (κ2) is 17.6. The number of likely N-dealkylation sites (tertiary alicyclic amines) is 1. The Bertz CT molecular complexity index is 1440. The van der Waals surface area contributed by atoms with Gasteiger partial charge in [0.1, 0.15) is 11.4 Å². The summed E-state index contributed by atoms with van der Waals surface area (Å²) < 4.78 is 18.4. The van der Waals surface area contributed by atoms with Crippen LogP contribution in [0.1, 0.15) is 82.2 Å². The van der Waals surface area contributed by atoms with Crippen molar-refractivity contribution in [3.05, 3.63) is 53.4 Å². The van der Waals surface area contributed by atoms with Crippen LogP contribution in [-0.4, -0.2) is 114 Å². The van der Waals surface area contributed by atoms with Gasteiger partial charge in [0.05, 0.1) is 25.3 Å². The van der Waals surface area contributed by atoms with Gasteiger partial charge in [-0.3, -0.25) is 25.0 Å². The maximum Gasteiger partial charge on any atom is 0.270 e. The first-order valence-electron chi connectivity index (χ1n) is 18.6. The van der Waals surface area contributed by atoms with Crippen molar-refractivity contribution in [3.8, 4) is 0 Å². The van der Waals surface area contributed by atoms with Crippen LogP contribution in [0.25, 0.3) is 0 Å². The van der Waals surface area contributed by atoms with Crippen LogP contribution in [0.15, 0.2) is 35.9 Å². The molecular formula is C39H68N6O4Si2. The monoisotopic (exact) mass is 740 g/mol. The van der Waals surface area contributed by atoms with Crippen molar-refractivity contribution >= 4 is 34.2 Å². The van der Waals surface area contributed by atoms with Crippen LogP contribution in [-0.2, 0) is 26.6 Å². The number of hydrogen-bond donors (Lipinski definition) is 2. The van der Waals surface area contributed by atoms with Gasteiger partial charge in [-0.1, -0.05) is 66.3 Å². The highest BCUT2D eigenvalue weighted by Gasteiger charge is 2.42. The summed E-state index contributed by atoms with van der Waals surface area (Å²) in [5.74, 6) is -0.184. The molecule has 1 fully saturated rings. The lowest BCUT2D eigenvalue weighted by atomic mass is 9.99. The fourth-order valence-corrected chi connectivity index (χ4v) is 8.17. The number of nitrogens with zero attached hydrogens (tertiary/aromatic N) is 4. The molecular weight excluding hydrogens is 673 g/mol.